The molecular formula is C15H16N2O3S. The lowest BCUT2D eigenvalue weighted by molar-refractivity contribution is -0.138. The van der Waals surface area contributed by atoms with Crippen LogP contribution in [0.25, 0.3) is 11.5 Å². The summed E-state index contributed by atoms with van der Waals surface area (Å²) >= 11 is 1.51. The molecule has 0 radical (unpaired) electrons. The maximum absolute atomic E-state index is 11.7. The number of benzene rings is 1. The van der Waals surface area contributed by atoms with E-state index in [1.807, 2.05) is 30.3 Å². The van der Waals surface area contributed by atoms with Gasteiger partial charge in [-0.25, -0.2) is 4.98 Å². The molecule has 0 saturated carbocycles. The van der Waals surface area contributed by atoms with E-state index in [-0.39, 0.29) is 12.0 Å². The first-order valence-corrected chi connectivity index (χ1v) is 7.91. The molecule has 21 heavy (non-hydrogen) atoms. The molecule has 1 fully saturated rings. The summed E-state index contributed by atoms with van der Waals surface area (Å²) in [6.45, 7) is 0.920. The molecule has 1 saturated heterocycles. The van der Waals surface area contributed by atoms with Gasteiger partial charge < -0.3 is 14.4 Å². The number of rotatable bonds is 5. The number of carbonyl (C=O) groups excluding carboxylic acids is 1. The summed E-state index contributed by atoms with van der Waals surface area (Å²) in [5.41, 5.74) is 1.77. The van der Waals surface area contributed by atoms with Gasteiger partial charge in [-0.3, -0.25) is 4.79 Å². The smallest absolute Gasteiger partial charge is 0.232 e. The number of hydrogen-bond donors (Lipinski definition) is 1. The van der Waals surface area contributed by atoms with E-state index in [1.165, 1.54) is 11.8 Å². The van der Waals surface area contributed by atoms with Crippen LogP contribution in [0.1, 0.15) is 5.69 Å². The van der Waals surface area contributed by atoms with Crippen LogP contribution in [0.3, 0.4) is 0 Å². The number of thioether (sulfide) groups is 1. The number of β-amino-alcohol motifs (C(OH)–C–C–N with tert-alkyl or cyclic N) is 1. The molecule has 0 bridgehead atoms. The maximum atomic E-state index is 11.7. The van der Waals surface area contributed by atoms with Gasteiger partial charge in [0.25, 0.3) is 0 Å². The average molecular weight is 304 g/mol. The molecule has 3 rings (SSSR count). The first kappa shape index (κ1) is 14.2. The van der Waals surface area contributed by atoms with Crippen LogP contribution in [-0.2, 0) is 10.5 Å². The Bertz CT molecular complexity index is 608. The standard InChI is InChI=1S/C15H16N2O3S/c18-13-6-17(7-13)14(19)10-21-9-12-8-20-15(16-12)11-4-2-1-3-5-11/h1-5,8,13,18H,6-7,9-10H2. The number of amides is 1. The third kappa shape index (κ3) is 3.46. The van der Waals surface area contributed by atoms with Crippen molar-refractivity contribution in [3.63, 3.8) is 0 Å². The van der Waals surface area contributed by atoms with Crippen LogP contribution in [0.15, 0.2) is 41.0 Å². The Kier molecular flexibility index (Phi) is 4.26. The van der Waals surface area contributed by atoms with Crippen molar-refractivity contribution in [3.05, 3.63) is 42.3 Å². The number of hydrogen-bond acceptors (Lipinski definition) is 5. The predicted molar refractivity (Wildman–Crippen MR) is 80.7 cm³/mol. The Hall–Kier alpha value is -1.79. The van der Waals surface area contributed by atoms with Gasteiger partial charge in [0, 0.05) is 24.4 Å². The third-order valence-corrected chi connectivity index (χ3v) is 4.21. The SMILES string of the molecule is O=C(CSCc1coc(-c2ccccc2)n1)N1CC(O)C1. The topological polar surface area (TPSA) is 66.6 Å². The molecule has 1 aliphatic heterocycles. The second-order valence-electron chi connectivity index (χ2n) is 4.96. The molecule has 0 aliphatic carbocycles. The highest BCUT2D eigenvalue weighted by atomic mass is 32.2. The van der Waals surface area contributed by atoms with E-state index in [0.29, 0.717) is 30.5 Å². The van der Waals surface area contributed by atoms with Crippen molar-refractivity contribution >= 4 is 17.7 Å². The zero-order valence-electron chi connectivity index (χ0n) is 11.4. The molecule has 1 amide bonds. The highest BCUT2D eigenvalue weighted by Gasteiger charge is 2.28. The Balaban J connectivity index is 1.48. The number of aliphatic hydroxyl groups excluding tert-OH is 1. The largest absolute Gasteiger partial charge is 0.444 e. The summed E-state index contributed by atoms with van der Waals surface area (Å²) in [7, 11) is 0. The van der Waals surface area contributed by atoms with Gasteiger partial charge >= 0.3 is 0 Å². The second kappa shape index (κ2) is 6.32. The van der Waals surface area contributed by atoms with E-state index in [2.05, 4.69) is 4.98 Å². The van der Waals surface area contributed by atoms with Crippen molar-refractivity contribution < 1.29 is 14.3 Å². The van der Waals surface area contributed by atoms with E-state index in [4.69, 9.17) is 9.52 Å². The quantitative estimate of drug-likeness (QED) is 0.912. The molecule has 2 heterocycles. The summed E-state index contributed by atoms with van der Waals surface area (Å²) in [4.78, 5) is 17.8. The van der Waals surface area contributed by atoms with Crippen LogP contribution < -0.4 is 0 Å². The van der Waals surface area contributed by atoms with Crippen molar-refractivity contribution in [2.75, 3.05) is 18.8 Å². The Morgan fingerprint density at radius 3 is 2.86 bits per heavy atom. The van der Waals surface area contributed by atoms with Crippen LogP contribution in [0, 0.1) is 0 Å². The highest BCUT2D eigenvalue weighted by Crippen LogP contribution is 2.21. The van der Waals surface area contributed by atoms with Crippen molar-refractivity contribution in [3.8, 4) is 11.5 Å². The molecule has 1 aromatic carbocycles. The lowest BCUT2D eigenvalue weighted by Gasteiger charge is -2.35. The molecule has 0 unspecified atom stereocenters. The minimum atomic E-state index is -0.345. The first-order chi connectivity index (χ1) is 10.2. The van der Waals surface area contributed by atoms with Crippen LogP contribution in [0.2, 0.25) is 0 Å². The number of likely N-dealkylation sites (tertiary alicyclic amines) is 1. The number of aromatic nitrogens is 1. The van der Waals surface area contributed by atoms with Gasteiger partial charge in [-0.05, 0) is 12.1 Å². The van der Waals surface area contributed by atoms with E-state index >= 15 is 0 Å². The predicted octanol–water partition coefficient (Wildman–Crippen LogP) is 1.78. The van der Waals surface area contributed by atoms with Crippen molar-refractivity contribution in [1.29, 1.82) is 0 Å². The molecule has 6 heteroatoms. The van der Waals surface area contributed by atoms with E-state index in [1.54, 1.807) is 11.2 Å². The minimum Gasteiger partial charge on any atom is -0.444 e. The molecule has 5 nitrogen and oxygen atoms in total. The van der Waals surface area contributed by atoms with Gasteiger partial charge in [0.15, 0.2) is 0 Å². The summed E-state index contributed by atoms with van der Waals surface area (Å²) in [5, 5.41) is 9.16. The average Bonchev–Trinajstić information content (AvgIpc) is 2.93. The molecular weight excluding hydrogens is 288 g/mol. The summed E-state index contributed by atoms with van der Waals surface area (Å²) in [6.07, 6.45) is 1.29. The number of carbonyl (C=O) groups is 1. The Morgan fingerprint density at radius 1 is 1.38 bits per heavy atom. The van der Waals surface area contributed by atoms with Gasteiger partial charge in [0.2, 0.25) is 11.8 Å². The van der Waals surface area contributed by atoms with Gasteiger partial charge in [-0.2, -0.15) is 0 Å². The van der Waals surface area contributed by atoms with Crippen LogP contribution >= 0.6 is 11.8 Å². The Labute approximate surface area is 127 Å². The molecule has 0 spiro atoms. The summed E-state index contributed by atoms with van der Waals surface area (Å²) in [5.74, 6) is 1.71. The van der Waals surface area contributed by atoms with Gasteiger partial charge in [-0.1, -0.05) is 18.2 Å². The number of oxazole rings is 1. The minimum absolute atomic E-state index is 0.0667. The lowest BCUT2D eigenvalue weighted by atomic mass is 10.2. The molecule has 1 aliphatic rings. The molecule has 1 aromatic heterocycles. The zero-order valence-corrected chi connectivity index (χ0v) is 12.3. The molecule has 2 aromatic rings. The van der Waals surface area contributed by atoms with E-state index < -0.39 is 0 Å². The normalized spacial score (nSPS) is 15.0. The van der Waals surface area contributed by atoms with Crippen molar-refractivity contribution in [1.82, 2.24) is 9.88 Å². The number of aliphatic hydroxyl groups is 1. The fourth-order valence-electron chi connectivity index (χ4n) is 2.08. The molecule has 110 valence electrons. The van der Waals surface area contributed by atoms with Crippen molar-refractivity contribution in [2.24, 2.45) is 0 Å². The zero-order chi connectivity index (χ0) is 14.7. The molecule has 1 N–H and O–H groups in total. The van der Waals surface area contributed by atoms with Gasteiger partial charge in [0.1, 0.15) is 6.26 Å². The fourth-order valence-corrected chi connectivity index (χ4v) is 2.88. The summed E-state index contributed by atoms with van der Waals surface area (Å²) in [6, 6.07) is 9.71. The van der Waals surface area contributed by atoms with Crippen LogP contribution in [0.5, 0.6) is 0 Å². The third-order valence-electron chi connectivity index (χ3n) is 3.26. The highest BCUT2D eigenvalue weighted by molar-refractivity contribution is 7.99. The Morgan fingerprint density at radius 2 is 2.14 bits per heavy atom. The lowest BCUT2D eigenvalue weighted by Crippen LogP contribution is -2.54. The number of nitrogens with zero attached hydrogens (tertiary/aromatic N) is 2. The second-order valence-corrected chi connectivity index (χ2v) is 5.94. The van der Waals surface area contributed by atoms with E-state index in [9.17, 15) is 4.79 Å². The van der Waals surface area contributed by atoms with E-state index in [0.717, 1.165) is 11.3 Å². The van der Waals surface area contributed by atoms with Gasteiger partial charge in [0.05, 0.1) is 17.6 Å². The maximum Gasteiger partial charge on any atom is 0.232 e. The monoisotopic (exact) mass is 304 g/mol. The summed E-state index contributed by atoms with van der Waals surface area (Å²) < 4.78 is 5.45. The fraction of sp³-hybridized carbons (Fsp3) is 0.333. The van der Waals surface area contributed by atoms with Gasteiger partial charge in [-0.15, -0.1) is 11.8 Å². The first-order valence-electron chi connectivity index (χ1n) is 6.76. The molecule has 0 atom stereocenters. The van der Waals surface area contributed by atoms with Crippen molar-refractivity contribution in [2.45, 2.75) is 11.9 Å². The van der Waals surface area contributed by atoms with Crippen LogP contribution in [0.4, 0.5) is 0 Å². The van der Waals surface area contributed by atoms with Crippen LogP contribution in [-0.4, -0.2) is 45.8 Å².